The third-order valence-electron chi connectivity index (χ3n) is 21.8. The van der Waals surface area contributed by atoms with Crippen LogP contribution in [0.25, 0.3) is 10.9 Å². The second kappa shape index (κ2) is 58.9. The summed E-state index contributed by atoms with van der Waals surface area (Å²) in [6.07, 6.45) is 23.0. The summed E-state index contributed by atoms with van der Waals surface area (Å²) in [6, 6.07) is 14.3. The van der Waals surface area contributed by atoms with E-state index >= 15 is 9.59 Å². The van der Waals surface area contributed by atoms with Crippen LogP contribution in [-0.4, -0.2) is 249 Å². The molecule has 3 heterocycles. The number of para-hydroxylation sites is 1. The molecule has 37 nitrogen and oxygen atoms in total. The summed E-state index contributed by atoms with van der Waals surface area (Å²) in [5.41, 5.74) is 19.7. The predicted molar refractivity (Wildman–Crippen MR) is 489 cm³/mol. The van der Waals surface area contributed by atoms with Crippen molar-refractivity contribution in [1.82, 2.24) is 88.6 Å². The maximum Gasteiger partial charge on any atom is 0.317 e. The lowest BCUT2D eigenvalue weighted by molar-refractivity contribution is -0.140. The highest BCUT2D eigenvalue weighted by Gasteiger charge is 2.43. The summed E-state index contributed by atoms with van der Waals surface area (Å²) in [4.78, 5) is 195. The molecule has 9 atom stereocenters. The van der Waals surface area contributed by atoms with E-state index < -0.39 is 157 Å². The van der Waals surface area contributed by atoms with E-state index in [-0.39, 0.29) is 108 Å². The number of aromatic nitrogens is 3. The van der Waals surface area contributed by atoms with Crippen molar-refractivity contribution in [1.29, 1.82) is 10.8 Å². The molecule has 24 N–H and O–H groups in total. The number of nitrogens with two attached hydrogens (primary N) is 3. The molecule has 1 aliphatic rings. The third-order valence-corrected chi connectivity index (χ3v) is 23.6. The number of primary amides is 1. The van der Waals surface area contributed by atoms with Gasteiger partial charge in [-0.3, -0.25) is 78.5 Å². The van der Waals surface area contributed by atoms with E-state index in [4.69, 9.17) is 33.1 Å². The molecule has 2 aromatic heterocycles. The van der Waals surface area contributed by atoms with Crippen LogP contribution in [0.3, 0.4) is 0 Å². The second-order valence-electron chi connectivity index (χ2n) is 32.0. The number of carboxylic acids is 1. The summed E-state index contributed by atoms with van der Waals surface area (Å²) < 4.78 is 0. The van der Waals surface area contributed by atoms with Gasteiger partial charge in [-0.2, -0.15) is 0 Å². The fourth-order valence-electron chi connectivity index (χ4n) is 15.1. The van der Waals surface area contributed by atoms with Crippen LogP contribution in [0.5, 0.6) is 0 Å². The zero-order valence-electron chi connectivity index (χ0n) is 73.3. The molecule has 5 aromatic rings. The summed E-state index contributed by atoms with van der Waals surface area (Å²) >= 11 is 0. The lowest BCUT2D eigenvalue weighted by atomic mass is 9.84. The van der Waals surface area contributed by atoms with Crippen LogP contribution >= 0.6 is 21.6 Å². The molecule has 1 aliphatic heterocycles. The topological polar surface area (TPSA) is 583 Å². The Hall–Kier alpha value is -11.3. The molecule has 12 amide bonds. The van der Waals surface area contributed by atoms with Crippen LogP contribution in [0.15, 0.2) is 104 Å². The highest BCUT2D eigenvalue weighted by molar-refractivity contribution is 8.76. The Bertz CT molecular complexity index is 4240. The Labute approximate surface area is 750 Å². The standard InChI is InChI=1S/C88H134N22O15S2/c1-4-5-6-7-8-9-10-11-12-13-14-15-16-27-42-96-74(115)55-109(54-71(89)112)75(116)41-24-19-28-43-97-80(119)68(47-61-50-100-65-38-26-25-37-64(61)65)104-82(121)67(40-30-45-99-88(92)93)103-84(123)70(56-127-126-3)106-81(120)66(39-29-44-98-87(90)91)102-72(113)49-63-36-31-46-110(63)86(125)79(77(59-32-20-17-21-33-59)60-34-22-18-23-35-60)108-83(122)69(48-62-51-95-57-101-62)105-85(124)78(58(2)111)107-73(114)52-94-53-76(117)118/h17-18,20-23,25-26,32-35,37-38,50-51,57-58,63,66-70,77-79,94,100,111H,4-16,19,24,27-31,36,39-49,52-56H2,1-3H3,(H2,89,112)(H,95,101)(H,96,115)(H,97,119)(H,102,113)(H,103,123)(H,104,121)(H,105,124)(H,106,120)(H,107,114)(H,108,122)(H,117,118)(H4,90,91,98)(H4,92,93,99). The SMILES string of the molecule is CCCCCCCCCCCCCCCCNC(=O)CN(CC(N)=O)C(=O)CCCCCNC(=O)C(Cc1c[nH]c2ccccc12)NC(=O)C(CCCNC(=N)N)NC(=O)C(CSSC)NC(=O)C(CCCNC(=N)N)NC(=O)CC1CCCN1C(=O)C(NC(=O)C(Cc1c[nH]cn1)NC(=O)C(NC(=O)CNCC(=O)O)C(C)O)C(c1ccccc1)c1ccccc1. The van der Waals surface area contributed by atoms with Crippen molar-refractivity contribution in [3.05, 3.63) is 126 Å². The quantitative estimate of drug-likeness (QED) is 0.0115. The number of nitrogens with one attached hydrogen (secondary N) is 16. The molecule has 698 valence electrons. The molecule has 0 bridgehead atoms. The van der Waals surface area contributed by atoms with Crippen molar-refractivity contribution in [3.63, 3.8) is 0 Å². The second-order valence-corrected chi connectivity index (χ2v) is 34.6. The average Bonchev–Trinajstić information content (AvgIpc) is 1.78. The van der Waals surface area contributed by atoms with Crippen molar-refractivity contribution in [2.45, 2.75) is 248 Å². The van der Waals surface area contributed by atoms with Gasteiger partial charge in [0.05, 0.1) is 37.8 Å². The van der Waals surface area contributed by atoms with Crippen LogP contribution in [0, 0.1) is 10.8 Å². The highest BCUT2D eigenvalue weighted by Crippen LogP contribution is 2.33. The molecule has 0 spiro atoms. The summed E-state index contributed by atoms with van der Waals surface area (Å²) in [7, 11) is 2.49. The fourth-order valence-corrected chi connectivity index (χ4v) is 16.5. The number of fused-ring (bicyclic) bond motifs is 1. The lowest BCUT2D eigenvalue weighted by Crippen LogP contribution is -2.61. The van der Waals surface area contributed by atoms with Crippen LogP contribution < -0.4 is 81.0 Å². The minimum Gasteiger partial charge on any atom is -0.480 e. The van der Waals surface area contributed by atoms with Gasteiger partial charge in [0.25, 0.3) is 0 Å². The van der Waals surface area contributed by atoms with Crippen molar-refractivity contribution in [3.8, 4) is 0 Å². The highest BCUT2D eigenvalue weighted by atomic mass is 33.1. The van der Waals surface area contributed by atoms with Gasteiger partial charge in [-0.05, 0) is 93.7 Å². The molecule has 0 radical (unpaired) electrons. The summed E-state index contributed by atoms with van der Waals surface area (Å²) in [5, 5.41) is 69.2. The number of guanidine groups is 2. The number of likely N-dealkylation sites (tertiary alicyclic amines) is 1. The number of aliphatic hydroxyl groups excluding tert-OH is 1. The number of benzene rings is 3. The molecular weight excluding hydrogens is 1670 g/mol. The predicted octanol–water partition coefficient (Wildman–Crippen LogP) is 3.46. The van der Waals surface area contributed by atoms with Gasteiger partial charge < -0.3 is 106 Å². The number of aromatic amines is 2. The van der Waals surface area contributed by atoms with E-state index in [9.17, 15) is 57.8 Å². The third kappa shape index (κ3) is 39.6. The zero-order valence-corrected chi connectivity index (χ0v) is 75.0. The molecule has 127 heavy (non-hydrogen) atoms. The number of carboxylic acid groups (broad SMARTS) is 1. The molecular formula is C88H134N22O15S2. The largest absolute Gasteiger partial charge is 0.480 e. The molecule has 0 aliphatic carbocycles. The van der Waals surface area contributed by atoms with Crippen LogP contribution in [0.4, 0.5) is 0 Å². The number of carbonyl (C=O) groups excluding carboxylic acids is 12. The first kappa shape index (κ1) is 104. The molecule has 1 fully saturated rings. The summed E-state index contributed by atoms with van der Waals surface area (Å²) in [6.45, 7) is 2.44. The average molecular weight is 1800 g/mol. The molecule has 0 saturated carbocycles. The number of hydrogen-bond acceptors (Lipinski definition) is 20. The van der Waals surface area contributed by atoms with Gasteiger partial charge in [0, 0.05) is 99.4 Å². The van der Waals surface area contributed by atoms with E-state index in [1.165, 1.54) is 110 Å². The van der Waals surface area contributed by atoms with Crippen molar-refractivity contribution < 1.29 is 72.5 Å². The van der Waals surface area contributed by atoms with Crippen molar-refractivity contribution in [2.75, 3.05) is 70.9 Å². The Balaban J connectivity index is 1.15. The monoisotopic (exact) mass is 1800 g/mol. The van der Waals surface area contributed by atoms with Gasteiger partial charge in [0.1, 0.15) is 48.8 Å². The number of nitrogens with zero attached hydrogens (tertiary/aromatic N) is 3. The van der Waals surface area contributed by atoms with E-state index in [0.29, 0.717) is 54.6 Å². The molecule has 6 rings (SSSR count). The normalized spacial score (nSPS) is 14.3. The van der Waals surface area contributed by atoms with Crippen LogP contribution in [0.2, 0.25) is 0 Å². The number of aliphatic hydroxyl groups is 1. The Morgan fingerprint density at radius 1 is 0.551 bits per heavy atom. The number of aliphatic carboxylic acids is 1. The number of hydrogen-bond donors (Lipinski definition) is 21. The van der Waals surface area contributed by atoms with E-state index in [2.05, 4.69) is 85.7 Å². The minimum absolute atomic E-state index is 0.00184. The number of unbranched alkanes of at least 4 members (excludes halogenated alkanes) is 15. The van der Waals surface area contributed by atoms with Crippen LogP contribution in [0.1, 0.15) is 203 Å². The number of amides is 12. The first-order valence-corrected chi connectivity index (χ1v) is 46.9. The number of carbonyl (C=O) groups is 13. The van der Waals surface area contributed by atoms with Gasteiger partial charge in [-0.1, -0.05) is 197 Å². The van der Waals surface area contributed by atoms with Gasteiger partial charge in [-0.25, -0.2) is 4.98 Å². The Kier molecular flexibility index (Phi) is 48.4. The number of rotatable bonds is 64. The molecule has 9 unspecified atom stereocenters. The maximum absolute atomic E-state index is 15.8. The van der Waals surface area contributed by atoms with E-state index in [1.807, 2.05) is 24.3 Å². The van der Waals surface area contributed by atoms with Gasteiger partial charge in [-0.15, -0.1) is 0 Å². The van der Waals surface area contributed by atoms with Crippen molar-refractivity contribution >= 4 is 121 Å². The van der Waals surface area contributed by atoms with Gasteiger partial charge >= 0.3 is 5.97 Å². The summed E-state index contributed by atoms with van der Waals surface area (Å²) in [5.74, 6) is -11.5. The van der Waals surface area contributed by atoms with Gasteiger partial charge in [0.15, 0.2) is 11.9 Å². The first-order valence-electron chi connectivity index (χ1n) is 44.2. The minimum atomic E-state index is -1.65. The molecule has 1 saturated heterocycles. The lowest BCUT2D eigenvalue weighted by Gasteiger charge is -2.35. The zero-order chi connectivity index (χ0) is 92.3. The maximum atomic E-state index is 15.8. The fraction of sp³-hybridized carbons (Fsp3) is 0.568. The van der Waals surface area contributed by atoms with Crippen LogP contribution in [-0.2, 0) is 75.2 Å². The van der Waals surface area contributed by atoms with Crippen molar-refractivity contribution in [2.24, 2.45) is 17.2 Å². The Morgan fingerprint density at radius 3 is 1.65 bits per heavy atom. The smallest absolute Gasteiger partial charge is 0.317 e. The van der Waals surface area contributed by atoms with Gasteiger partial charge in [0.2, 0.25) is 70.9 Å². The molecule has 3 aromatic carbocycles. The van der Waals surface area contributed by atoms with E-state index in [1.54, 1.807) is 73.1 Å². The van der Waals surface area contributed by atoms with E-state index in [0.717, 1.165) is 41.5 Å². The first-order chi connectivity index (χ1) is 61.2. The Morgan fingerprint density at radius 2 is 1.08 bits per heavy atom. The molecule has 39 heteroatoms. The number of imidazole rings is 1. The number of H-pyrrole nitrogens is 2.